The van der Waals surface area contributed by atoms with E-state index in [2.05, 4.69) is 14.3 Å². The average molecular weight is 398 g/mol. The Kier molecular flexibility index (Phi) is 8.66. The van der Waals surface area contributed by atoms with Crippen molar-refractivity contribution in [2.45, 2.75) is 25.8 Å². The number of hydrogen-bond donors (Lipinski definition) is 1. The van der Waals surface area contributed by atoms with Gasteiger partial charge >= 0.3 is 0 Å². The second-order valence-corrected chi connectivity index (χ2v) is 6.64. The van der Waals surface area contributed by atoms with E-state index in [-0.39, 0.29) is 42.7 Å². The van der Waals surface area contributed by atoms with Crippen LogP contribution in [0.25, 0.3) is 0 Å². The second-order valence-electron chi connectivity index (χ2n) is 5.91. The largest absolute Gasteiger partial charge is 0.381 e. The van der Waals surface area contributed by atoms with Gasteiger partial charge in [0.25, 0.3) is 0 Å². The smallest absolute Gasteiger partial charge is 0.239 e. The van der Waals surface area contributed by atoms with Crippen LogP contribution in [0, 0.1) is 12.8 Å². The third kappa shape index (κ3) is 4.92. The molecule has 0 radical (unpaired) electrons. The van der Waals surface area contributed by atoms with Crippen LogP contribution in [0.3, 0.4) is 0 Å². The Morgan fingerprint density at radius 2 is 1.88 bits per heavy atom. The number of piperazine rings is 1. The first-order valence-electron chi connectivity index (χ1n) is 7.82. The first-order chi connectivity index (χ1) is 10.6. The van der Waals surface area contributed by atoms with Crippen LogP contribution < -0.4 is 10.6 Å². The Hall–Kier alpha value is -0.670. The standard InChI is InChI=1S/C14H23N5O2S.2ClH/c1-10-16-14(22-17-10)19-6-4-18(5-7-19)13(20)12(15)11-2-8-21-9-3-11;;/h11-12H,2-9,15H2,1H3;2*1H. The van der Waals surface area contributed by atoms with Crippen LogP contribution in [0.4, 0.5) is 5.13 Å². The fourth-order valence-corrected chi connectivity index (χ4v) is 3.75. The number of nitrogens with two attached hydrogens (primary N) is 1. The molecule has 2 aliphatic heterocycles. The van der Waals surface area contributed by atoms with Gasteiger partial charge in [-0.2, -0.15) is 4.37 Å². The Bertz CT molecular complexity index is 519. The minimum atomic E-state index is -0.390. The van der Waals surface area contributed by atoms with E-state index in [0.717, 1.165) is 50.1 Å². The van der Waals surface area contributed by atoms with Gasteiger partial charge in [0.15, 0.2) is 0 Å². The van der Waals surface area contributed by atoms with E-state index in [1.54, 1.807) is 0 Å². The molecule has 0 saturated carbocycles. The highest BCUT2D eigenvalue weighted by molar-refractivity contribution is 7.09. The zero-order valence-corrected chi connectivity index (χ0v) is 16.2. The summed E-state index contributed by atoms with van der Waals surface area (Å²) in [4.78, 5) is 21.0. The molecule has 0 spiro atoms. The number of rotatable bonds is 3. The second kappa shape index (κ2) is 9.72. The van der Waals surface area contributed by atoms with Gasteiger partial charge in [0.05, 0.1) is 6.04 Å². The molecule has 1 atom stereocenters. The molecule has 3 heterocycles. The number of carbonyl (C=O) groups excluding carboxylic acids is 1. The van der Waals surface area contributed by atoms with Crippen LogP contribution in [-0.4, -0.2) is 65.6 Å². The number of aromatic nitrogens is 2. The number of halogens is 2. The highest BCUT2D eigenvalue weighted by Gasteiger charge is 2.31. The van der Waals surface area contributed by atoms with Gasteiger partial charge in [-0.1, -0.05) is 0 Å². The lowest BCUT2D eigenvalue weighted by Crippen LogP contribution is -2.55. The minimum Gasteiger partial charge on any atom is -0.381 e. The third-order valence-corrected chi connectivity index (χ3v) is 5.31. The van der Waals surface area contributed by atoms with Crippen molar-refractivity contribution in [3.8, 4) is 0 Å². The summed E-state index contributed by atoms with van der Waals surface area (Å²) in [6, 6.07) is -0.390. The topological polar surface area (TPSA) is 84.6 Å². The van der Waals surface area contributed by atoms with Crippen LogP contribution in [-0.2, 0) is 9.53 Å². The molecule has 138 valence electrons. The van der Waals surface area contributed by atoms with Crippen molar-refractivity contribution in [2.24, 2.45) is 11.7 Å². The molecule has 3 rings (SSSR count). The van der Waals surface area contributed by atoms with Gasteiger partial charge in [-0.05, 0) is 25.7 Å². The minimum absolute atomic E-state index is 0. The highest BCUT2D eigenvalue weighted by atomic mass is 35.5. The molecule has 1 aromatic heterocycles. The summed E-state index contributed by atoms with van der Waals surface area (Å²) < 4.78 is 9.55. The van der Waals surface area contributed by atoms with E-state index in [9.17, 15) is 4.79 Å². The predicted octanol–water partition coefficient (Wildman–Crippen LogP) is 1.09. The van der Waals surface area contributed by atoms with Crippen LogP contribution in [0.5, 0.6) is 0 Å². The van der Waals surface area contributed by atoms with Gasteiger partial charge in [-0.15, -0.1) is 24.8 Å². The molecular formula is C14H25Cl2N5O2S. The summed E-state index contributed by atoms with van der Waals surface area (Å²) >= 11 is 1.42. The summed E-state index contributed by atoms with van der Waals surface area (Å²) in [6.07, 6.45) is 1.77. The van der Waals surface area contributed by atoms with Crippen LogP contribution in [0.2, 0.25) is 0 Å². The van der Waals surface area contributed by atoms with Crippen molar-refractivity contribution in [3.63, 3.8) is 0 Å². The Morgan fingerprint density at radius 1 is 1.25 bits per heavy atom. The number of nitrogens with zero attached hydrogens (tertiary/aromatic N) is 4. The average Bonchev–Trinajstić information content (AvgIpc) is 3.01. The van der Waals surface area contributed by atoms with Gasteiger partial charge in [-0.3, -0.25) is 4.79 Å². The molecule has 7 nitrogen and oxygen atoms in total. The molecule has 24 heavy (non-hydrogen) atoms. The van der Waals surface area contributed by atoms with E-state index in [4.69, 9.17) is 10.5 Å². The summed E-state index contributed by atoms with van der Waals surface area (Å²) in [5.41, 5.74) is 6.19. The summed E-state index contributed by atoms with van der Waals surface area (Å²) in [5.74, 6) is 1.14. The Morgan fingerprint density at radius 3 is 2.42 bits per heavy atom. The Balaban J connectivity index is 0.00000144. The first-order valence-corrected chi connectivity index (χ1v) is 8.60. The van der Waals surface area contributed by atoms with E-state index >= 15 is 0 Å². The SMILES string of the molecule is Cc1nsc(N2CCN(C(=O)C(N)C3CCOCC3)CC2)n1.Cl.Cl. The van der Waals surface area contributed by atoms with Crippen LogP contribution >= 0.6 is 36.3 Å². The lowest BCUT2D eigenvalue weighted by atomic mass is 9.91. The third-order valence-electron chi connectivity index (χ3n) is 4.44. The fraction of sp³-hybridized carbons (Fsp3) is 0.786. The van der Waals surface area contributed by atoms with E-state index in [0.29, 0.717) is 13.1 Å². The molecule has 0 aliphatic carbocycles. The molecule has 1 amide bonds. The number of ether oxygens (including phenoxy) is 1. The van der Waals surface area contributed by atoms with Gasteiger partial charge < -0.3 is 20.3 Å². The summed E-state index contributed by atoms with van der Waals surface area (Å²) in [5, 5.41) is 0.943. The van der Waals surface area contributed by atoms with E-state index in [1.165, 1.54) is 11.5 Å². The number of aryl methyl sites for hydroxylation is 1. The normalized spacial score (nSPS) is 20.1. The van der Waals surface area contributed by atoms with Crippen LogP contribution in [0.15, 0.2) is 0 Å². The van der Waals surface area contributed by atoms with Crippen molar-refractivity contribution in [1.82, 2.24) is 14.3 Å². The predicted molar refractivity (Wildman–Crippen MR) is 99.5 cm³/mol. The molecule has 2 aliphatic rings. The maximum atomic E-state index is 12.6. The maximum Gasteiger partial charge on any atom is 0.239 e. The van der Waals surface area contributed by atoms with Crippen molar-refractivity contribution in [3.05, 3.63) is 5.82 Å². The highest BCUT2D eigenvalue weighted by Crippen LogP contribution is 2.21. The lowest BCUT2D eigenvalue weighted by Gasteiger charge is -2.37. The first kappa shape index (κ1) is 21.4. The lowest BCUT2D eigenvalue weighted by molar-refractivity contribution is -0.135. The van der Waals surface area contributed by atoms with Crippen molar-refractivity contribution < 1.29 is 9.53 Å². The van der Waals surface area contributed by atoms with E-state index < -0.39 is 0 Å². The molecule has 2 N–H and O–H groups in total. The molecule has 10 heteroatoms. The number of hydrogen-bond acceptors (Lipinski definition) is 7. The van der Waals surface area contributed by atoms with Crippen molar-refractivity contribution in [2.75, 3.05) is 44.3 Å². The summed E-state index contributed by atoms with van der Waals surface area (Å²) in [7, 11) is 0. The monoisotopic (exact) mass is 397 g/mol. The quantitative estimate of drug-likeness (QED) is 0.821. The van der Waals surface area contributed by atoms with Gasteiger partial charge in [-0.25, -0.2) is 4.98 Å². The maximum absolute atomic E-state index is 12.6. The fourth-order valence-electron chi connectivity index (χ4n) is 3.02. The molecule has 1 aromatic rings. The molecule has 0 aromatic carbocycles. The van der Waals surface area contributed by atoms with Crippen LogP contribution in [0.1, 0.15) is 18.7 Å². The molecule has 1 unspecified atom stereocenters. The van der Waals surface area contributed by atoms with Crippen molar-refractivity contribution >= 4 is 47.4 Å². The molecule has 2 fully saturated rings. The zero-order chi connectivity index (χ0) is 15.5. The number of anilines is 1. The molecule has 2 saturated heterocycles. The number of amides is 1. The molecule has 0 bridgehead atoms. The van der Waals surface area contributed by atoms with Crippen molar-refractivity contribution in [1.29, 1.82) is 0 Å². The zero-order valence-electron chi connectivity index (χ0n) is 13.7. The number of carbonyl (C=O) groups is 1. The van der Waals surface area contributed by atoms with Gasteiger partial charge in [0.2, 0.25) is 11.0 Å². The molecular weight excluding hydrogens is 373 g/mol. The summed E-state index contributed by atoms with van der Waals surface area (Å²) in [6.45, 7) is 6.32. The van der Waals surface area contributed by atoms with Gasteiger partial charge in [0.1, 0.15) is 5.82 Å². The van der Waals surface area contributed by atoms with Gasteiger partial charge in [0, 0.05) is 50.9 Å². The Labute approximate surface area is 158 Å². The van der Waals surface area contributed by atoms with E-state index in [1.807, 2.05) is 11.8 Å².